The third kappa shape index (κ3) is 5.93. The normalized spacial score (nSPS) is 13.0. The third-order valence-corrected chi connectivity index (χ3v) is 19.6. The van der Waals surface area contributed by atoms with Crippen LogP contribution in [0.1, 0.15) is 25.0 Å². The van der Waals surface area contributed by atoms with Crippen molar-refractivity contribution in [2.45, 2.75) is 19.3 Å². The SMILES string of the molecule is CC1(C)c2ccccc2-c2ccc(-c3c4ccccc4c(-c4cc(-c5ccc([Si](c6ccccc6)(c6ccccc6)c6ccccc6)cc5)cc5c4oc4ccccc45)c4ccccc34)cc21. The Bertz CT molecular complexity index is 3710. The van der Waals surface area contributed by atoms with Gasteiger partial charge in [-0.15, -0.1) is 0 Å². The maximum absolute atomic E-state index is 6.96. The van der Waals surface area contributed by atoms with E-state index in [1.165, 1.54) is 86.8 Å². The van der Waals surface area contributed by atoms with Crippen LogP contribution < -0.4 is 20.7 Å². The molecule has 0 spiro atoms. The highest BCUT2D eigenvalue weighted by molar-refractivity contribution is 7.19. The largest absolute Gasteiger partial charge is 0.455 e. The van der Waals surface area contributed by atoms with E-state index in [2.05, 4.69) is 257 Å². The lowest BCUT2D eigenvalue weighted by molar-refractivity contribution is 0.660. The molecule has 2 heteroatoms. The van der Waals surface area contributed by atoms with Gasteiger partial charge in [0.25, 0.3) is 0 Å². The van der Waals surface area contributed by atoms with Crippen molar-refractivity contribution in [1.82, 2.24) is 0 Å². The average molecular weight is 871 g/mol. The summed E-state index contributed by atoms with van der Waals surface area (Å²) in [6.07, 6.45) is 0. The molecule has 0 saturated heterocycles. The monoisotopic (exact) mass is 870 g/mol. The molecule has 0 amide bonds. The summed E-state index contributed by atoms with van der Waals surface area (Å²) in [5, 5.41) is 12.6. The number of fused-ring (bicyclic) bond motifs is 8. The van der Waals surface area contributed by atoms with Gasteiger partial charge in [0.05, 0.1) is 0 Å². The first kappa shape index (κ1) is 39.3. The van der Waals surface area contributed by atoms with Crippen LogP contribution in [0.25, 0.3) is 88.0 Å². The van der Waals surface area contributed by atoms with E-state index >= 15 is 0 Å². The van der Waals surface area contributed by atoms with Crippen molar-refractivity contribution >= 4 is 72.3 Å². The molecule has 0 unspecified atom stereocenters. The summed E-state index contributed by atoms with van der Waals surface area (Å²) >= 11 is 0. The van der Waals surface area contributed by atoms with Crippen LogP contribution in [0.2, 0.25) is 0 Å². The van der Waals surface area contributed by atoms with Crippen LogP contribution in [0.15, 0.2) is 247 Å². The number of para-hydroxylation sites is 1. The van der Waals surface area contributed by atoms with Gasteiger partial charge in [-0.25, -0.2) is 0 Å². The first-order valence-electron chi connectivity index (χ1n) is 23.4. The van der Waals surface area contributed by atoms with Crippen LogP contribution in [-0.4, -0.2) is 8.07 Å². The van der Waals surface area contributed by atoms with Gasteiger partial charge in [0, 0.05) is 27.3 Å². The van der Waals surface area contributed by atoms with E-state index in [0.717, 1.165) is 33.1 Å². The smallest absolute Gasteiger partial charge is 0.179 e. The summed E-state index contributed by atoms with van der Waals surface area (Å²) in [5.41, 5.74) is 14.3. The Morgan fingerprint density at radius 2 is 0.776 bits per heavy atom. The van der Waals surface area contributed by atoms with Crippen molar-refractivity contribution in [1.29, 1.82) is 0 Å². The number of hydrogen-bond donors (Lipinski definition) is 0. The Kier molecular flexibility index (Phi) is 8.97. The quantitative estimate of drug-likeness (QED) is 0.0883. The second kappa shape index (κ2) is 15.3. The van der Waals surface area contributed by atoms with Crippen molar-refractivity contribution in [3.63, 3.8) is 0 Å². The minimum Gasteiger partial charge on any atom is -0.455 e. The van der Waals surface area contributed by atoms with Gasteiger partial charge in [-0.1, -0.05) is 232 Å². The summed E-state index contributed by atoms with van der Waals surface area (Å²) in [6, 6.07) is 90.3. The molecule has 0 fully saturated rings. The molecule has 0 N–H and O–H groups in total. The number of benzene rings is 11. The summed E-state index contributed by atoms with van der Waals surface area (Å²) in [4.78, 5) is 0. The predicted molar refractivity (Wildman–Crippen MR) is 286 cm³/mol. The molecular weight excluding hydrogens is 825 g/mol. The molecule has 316 valence electrons. The molecule has 0 aliphatic heterocycles. The van der Waals surface area contributed by atoms with Crippen LogP contribution in [0.3, 0.4) is 0 Å². The van der Waals surface area contributed by atoms with E-state index in [1.54, 1.807) is 0 Å². The molecule has 1 aliphatic rings. The van der Waals surface area contributed by atoms with Crippen LogP contribution >= 0.6 is 0 Å². The maximum atomic E-state index is 6.96. The molecule has 0 bridgehead atoms. The molecule has 0 atom stereocenters. The van der Waals surface area contributed by atoms with Crippen molar-refractivity contribution in [3.8, 4) is 44.5 Å². The van der Waals surface area contributed by atoms with Gasteiger partial charge in [-0.05, 0) is 111 Å². The Morgan fingerprint density at radius 1 is 0.313 bits per heavy atom. The lowest BCUT2D eigenvalue weighted by Gasteiger charge is -2.34. The lowest BCUT2D eigenvalue weighted by Crippen LogP contribution is -2.74. The highest BCUT2D eigenvalue weighted by Gasteiger charge is 2.41. The highest BCUT2D eigenvalue weighted by atomic mass is 28.3. The third-order valence-electron chi connectivity index (χ3n) is 14.8. The highest BCUT2D eigenvalue weighted by Crippen LogP contribution is 2.52. The Balaban J connectivity index is 1.04. The topological polar surface area (TPSA) is 13.1 Å². The fourth-order valence-corrected chi connectivity index (χ4v) is 16.5. The van der Waals surface area contributed by atoms with E-state index in [0.29, 0.717) is 0 Å². The van der Waals surface area contributed by atoms with E-state index < -0.39 is 8.07 Å². The number of hydrogen-bond acceptors (Lipinski definition) is 1. The van der Waals surface area contributed by atoms with E-state index in [4.69, 9.17) is 4.42 Å². The van der Waals surface area contributed by atoms with Gasteiger partial charge < -0.3 is 4.42 Å². The van der Waals surface area contributed by atoms with Crippen molar-refractivity contribution in [2.75, 3.05) is 0 Å². The lowest BCUT2D eigenvalue weighted by atomic mass is 9.80. The zero-order chi connectivity index (χ0) is 44.7. The van der Waals surface area contributed by atoms with Gasteiger partial charge in [0.2, 0.25) is 0 Å². The van der Waals surface area contributed by atoms with Crippen LogP contribution in [0, 0.1) is 0 Å². The predicted octanol–water partition coefficient (Wildman–Crippen LogP) is 14.6. The Hall–Kier alpha value is -8.04. The standard InChI is InChI=1S/C65H46OSi/c1-65(2)59-32-18-16-26-50(59)51-39-36-44(42-60(51)65)62-53-28-12-14-30-55(53)63(56-31-15-13-29-54(56)62)58-41-45(40-57-52-27-17-19-33-61(52)66-64(57)58)43-34-37-49(38-35-43)67(46-20-6-3-7-21-46,47-22-8-4-9-23-47)48-24-10-5-11-25-48/h3-42H,1-2H3. The first-order valence-corrected chi connectivity index (χ1v) is 25.4. The minimum atomic E-state index is -2.70. The summed E-state index contributed by atoms with van der Waals surface area (Å²) in [7, 11) is -2.70. The van der Waals surface area contributed by atoms with E-state index in [1.807, 2.05) is 0 Å². The Morgan fingerprint density at radius 3 is 1.37 bits per heavy atom. The van der Waals surface area contributed by atoms with E-state index in [9.17, 15) is 0 Å². The number of furan rings is 1. The summed E-state index contributed by atoms with van der Waals surface area (Å²) in [5.74, 6) is 0. The van der Waals surface area contributed by atoms with E-state index in [-0.39, 0.29) is 5.41 Å². The molecule has 0 radical (unpaired) electrons. The molecule has 1 aliphatic carbocycles. The average Bonchev–Trinajstić information content (AvgIpc) is 3.88. The summed E-state index contributed by atoms with van der Waals surface area (Å²) in [6.45, 7) is 4.74. The second-order valence-electron chi connectivity index (χ2n) is 18.7. The van der Waals surface area contributed by atoms with Crippen molar-refractivity contribution < 1.29 is 4.42 Å². The number of rotatable bonds is 7. The fraction of sp³-hybridized carbons (Fsp3) is 0.0462. The molecule has 12 aromatic rings. The van der Waals surface area contributed by atoms with Gasteiger partial charge in [-0.3, -0.25) is 0 Å². The van der Waals surface area contributed by atoms with Gasteiger partial charge in [0.15, 0.2) is 8.07 Å². The fourth-order valence-electron chi connectivity index (χ4n) is 11.7. The van der Waals surface area contributed by atoms with Gasteiger partial charge in [0.1, 0.15) is 11.2 Å². The molecule has 0 saturated carbocycles. The van der Waals surface area contributed by atoms with Crippen molar-refractivity contribution in [2.24, 2.45) is 0 Å². The molecule has 67 heavy (non-hydrogen) atoms. The second-order valence-corrected chi connectivity index (χ2v) is 22.5. The van der Waals surface area contributed by atoms with Crippen LogP contribution in [-0.2, 0) is 5.41 Å². The molecule has 1 nitrogen and oxygen atoms in total. The molecule has 1 heterocycles. The molecular formula is C65H46OSi. The first-order chi connectivity index (χ1) is 33.0. The zero-order valence-corrected chi connectivity index (χ0v) is 38.5. The Labute approximate surface area is 392 Å². The van der Waals surface area contributed by atoms with Crippen LogP contribution in [0.4, 0.5) is 0 Å². The minimum absolute atomic E-state index is 0.104. The van der Waals surface area contributed by atoms with Gasteiger partial charge in [-0.2, -0.15) is 0 Å². The molecule has 11 aromatic carbocycles. The van der Waals surface area contributed by atoms with Crippen LogP contribution in [0.5, 0.6) is 0 Å². The molecule has 13 rings (SSSR count). The zero-order valence-electron chi connectivity index (χ0n) is 37.5. The van der Waals surface area contributed by atoms with Crippen molar-refractivity contribution in [3.05, 3.63) is 254 Å². The summed E-state index contributed by atoms with van der Waals surface area (Å²) < 4.78 is 6.96. The maximum Gasteiger partial charge on any atom is 0.179 e. The van der Waals surface area contributed by atoms with Gasteiger partial charge >= 0.3 is 0 Å². The molecule has 1 aromatic heterocycles.